The molecular formula is C20H23N3O2. The van der Waals surface area contributed by atoms with Gasteiger partial charge in [-0.15, -0.1) is 0 Å². The van der Waals surface area contributed by atoms with Crippen molar-refractivity contribution in [1.29, 1.82) is 0 Å². The Kier molecular flexibility index (Phi) is 5.33. The van der Waals surface area contributed by atoms with Gasteiger partial charge in [-0.05, 0) is 43.7 Å². The van der Waals surface area contributed by atoms with E-state index in [9.17, 15) is 4.79 Å². The number of aromatic nitrogens is 2. The third-order valence-electron chi connectivity index (χ3n) is 4.18. The van der Waals surface area contributed by atoms with Crippen molar-refractivity contribution in [2.45, 2.75) is 32.9 Å². The maximum absolute atomic E-state index is 12.3. The van der Waals surface area contributed by atoms with Crippen molar-refractivity contribution < 1.29 is 9.53 Å². The molecule has 0 aliphatic rings. The van der Waals surface area contributed by atoms with Gasteiger partial charge in [0.05, 0.1) is 30.0 Å². The van der Waals surface area contributed by atoms with E-state index in [4.69, 9.17) is 4.74 Å². The Morgan fingerprint density at radius 3 is 2.72 bits per heavy atom. The number of hydrogen-bond donors (Lipinski definition) is 1. The number of nitrogens with one attached hydrogen (secondary N) is 1. The number of fused-ring (bicyclic) bond motifs is 1. The number of amides is 1. The maximum Gasteiger partial charge on any atom is 0.222 e. The zero-order valence-electron chi connectivity index (χ0n) is 14.6. The summed E-state index contributed by atoms with van der Waals surface area (Å²) >= 11 is 0. The van der Waals surface area contributed by atoms with Crippen LogP contribution in [0, 0.1) is 0 Å². The monoisotopic (exact) mass is 337 g/mol. The lowest BCUT2D eigenvalue weighted by atomic mass is 10.1. The predicted molar refractivity (Wildman–Crippen MR) is 98.5 cm³/mol. The smallest absolute Gasteiger partial charge is 0.222 e. The molecule has 2 aromatic carbocycles. The highest BCUT2D eigenvalue weighted by Gasteiger charge is 2.10. The first kappa shape index (κ1) is 17.0. The SMILES string of the molecule is CCOc1ccc(C(C)NC(=O)CCn2cnc3ccccc32)cc1. The second kappa shape index (κ2) is 7.83. The number of carbonyl (C=O) groups excluding carboxylic acids is 1. The predicted octanol–water partition coefficient (Wildman–Crippen LogP) is 3.70. The molecule has 1 atom stereocenters. The zero-order valence-corrected chi connectivity index (χ0v) is 14.6. The normalized spacial score (nSPS) is 12.1. The quantitative estimate of drug-likeness (QED) is 0.715. The van der Waals surface area contributed by atoms with Gasteiger partial charge in [-0.25, -0.2) is 4.98 Å². The molecule has 0 radical (unpaired) electrons. The molecule has 1 amide bonds. The summed E-state index contributed by atoms with van der Waals surface area (Å²) in [4.78, 5) is 16.6. The summed E-state index contributed by atoms with van der Waals surface area (Å²) in [6, 6.07) is 15.7. The van der Waals surface area contributed by atoms with Crippen LogP contribution >= 0.6 is 0 Å². The van der Waals surface area contributed by atoms with E-state index in [1.54, 1.807) is 6.33 Å². The molecule has 130 valence electrons. The first-order valence-corrected chi connectivity index (χ1v) is 8.59. The first-order chi connectivity index (χ1) is 12.2. The number of para-hydroxylation sites is 2. The summed E-state index contributed by atoms with van der Waals surface area (Å²) in [6.07, 6.45) is 2.20. The summed E-state index contributed by atoms with van der Waals surface area (Å²) in [5, 5.41) is 3.04. The van der Waals surface area contributed by atoms with Gasteiger partial charge >= 0.3 is 0 Å². The van der Waals surface area contributed by atoms with Crippen molar-refractivity contribution in [3.05, 3.63) is 60.4 Å². The molecule has 1 heterocycles. The van der Waals surface area contributed by atoms with Crippen molar-refractivity contribution in [2.24, 2.45) is 0 Å². The molecule has 5 nitrogen and oxygen atoms in total. The standard InChI is InChI=1S/C20H23N3O2/c1-3-25-17-10-8-16(9-11-17)15(2)22-20(24)12-13-23-14-21-18-6-4-5-7-19(18)23/h4-11,14-15H,3,12-13H2,1-2H3,(H,22,24). The molecule has 3 aromatic rings. The molecule has 0 bridgehead atoms. The number of rotatable bonds is 7. The van der Waals surface area contributed by atoms with E-state index in [0.717, 1.165) is 22.3 Å². The van der Waals surface area contributed by atoms with Crippen molar-refractivity contribution in [2.75, 3.05) is 6.61 Å². The van der Waals surface area contributed by atoms with E-state index in [1.165, 1.54) is 0 Å². The van der Waals surface area contributed by atoms with E-state index in [2.05, 4.69) is 10.3 Å². The topological polar surface area (TPSA) is 56.1 Å². The second-order valence-corrected chi connectivity index (χ2v) is 5.97. The molecule has 3 rings (SSSR count). The Morgan fingerprint density at radius 1 is 1.20 bits per heavy atom. The number of nitrogens with zero attached hydrogens (tertiary/aromatic N) is 2. The highest BCUT2D eigenvalue weighted by atomic mass is 16.5. The first-order valence-electron chi connectivity index (χ1n) is 8.59. The minimum Gasteiger partial charge on any atom is -0.494 e. The molecule has 25 heavy (non-hydrogen) atoms. The molecule has 1 aromatic heterocycles. The highest BCUT2D eigenvalue weighted by molar-refractivity contribution is 5.77. The molecule has 0 spiro atoms. The summed E-state index contributed by atoms with van der Waals surface area (Å²) in [6.45, 7) is 5.21. The van der Waals surface area contributed by atoms with Crippen LogP contribution in [0.25, 0.3) is 11.0 Å². The lowest BCUT2D eigenvalue weighted by Crippen LogP contribution is -2.27. The van der Waals surface area contributed by atoms with Gasteiger partial charge in [0, 0.05) is 13.0 Å². The minimum absolute atomic E-state index is 0.0270. The van der Waals surface area contributed by atoms with Crippen molar-refractivity contribution >= 4 is 16.9 Å². The molecule has 1 N–H and O–H groups in total. The van der Waals surface area contributed by atoms with Crippen LogP contribution in [0.3, 0.4) is 0 Å². The van der Waals surface area contributed by atoms with E-state index in [-0.39, 0.29) is 11.9 Å². The van der Waals surface area contributed by atoms with Crippen LogP contribution in [0.5, 0.6) is 5.75 Å². The average Bonchev–Trinajstić information content (AvgIpc) is 3.04. The van der Waals surface area contributed by atoms with Gasteiger partial charge in [0.15, 0.2) is 0 Å². The van der Waals surface area contributed by atoms with E-state index >= 15 is 0 Å². The Hall–Kier alpha value is -2.82. The van der Waals surface area contributed by atoms with E-state index < -0.39 is 0 Å². The number of ether oxygens (including phenoxy) is 1. The van der Waals surface area contributed by atoms with Gasteiger partial charge in [0.25, 0.3) is 0 Å². The van der Waals surface area contributed by atoms with Gasteiger partial charge in [0.2, 0.25) is 5.91 Å². The molecule has 0 aliphatic carbocycles. The fraction of sp³-hybridized carbons (Fsp3) is 0.300. The zero-order chi connectivity index (χ0) is 17.6. The lowest BCUT2D eigenvalue weighted by molar-refractivity contribution is -0.121. The Bertz CT molecular complexity index is 840. The molecule has 0 saturated carbocycles. The van der Waals surface area contributed by atoms with Gasteiger partial charge in [-0.1, -0.05) is 24.3 Å². The fourth-order valence-corrected chi connectivity index (χ4v) is 2.83. The van der Waals surface area contributed by atoms with E-state index in [1.807, 2.05) is 66.9 Å². The van der Waals surface area contributed by atoms with Gasteiger partial charge in [0.1, 0.15) is 5.75 Å². The van der Waals surface area contributed by atoms with Crippen molar-refractivity contribution in [1.82, 2.24) is 14.9 Å². The molecule has 1 unspecified atom stereocenters. The van der Waals surface area contributed by atoms with Crippen LogP contribution in [0.1, 0.15) is 31.9 Å². The van der Waals surface area contributed by atoms with Crippen molar-refractivity contribution in [3.63, 3.8) is 0 Å². The van der Waals surface area contributed by atoms with Crippen LogP contribution in [-0.2, 0) is 11.3 Å². The van der Waals surface area contributed by atoms with E-state index in [0.29, 0.717) is 19.6 Å². The van der Waals surface area contributed by atoms with Crippen molar-refractivity contribution in [3.8, 4) is 5.75 Å². The lowest BCUT2D eigenvalue weighted by Gasteiger charge is -2.15. The van der Waals surface area contributed by atoms with Crippen LogP contribution in [0.4, 0.5) is 0 Å². The average molecular weight is 337 g/mol. The van der Waals surface area contributed by atoms with Gasteiger partial charge in [-0.2, -0.15) is 0 Å². The Labute approximate surface area is 147 Å². The Balaban J connectivity index is 1.55. The molecule has 0 aliphatic heterocycles. The second-order valence-electron chi connectivity index (χ2n) is 5.97. The van der Waals surface area contributed by atoms with Crippen LogP contribution in [0.15, 0.2) is 54.9 Å². The fourth-order valence-electron chi connectivity index (χ4n) is 2.83. The number of aryl methyl sites for hydroxylation is 1. The van der Waals surface area contributed by atoms with Gasteiger partial charge in [-0.3, -0.25) is 4.79 Å². The summed E-state index contributed by atoms with van der Waals surface area (Å²) in [7, 11) is 0. The summed E-state index contributed by atoms with van der Waals surface area (Å²) in [5.74, 6) is 0.871. The number of carbonyl (C=O) groups is 1. The van der Waals surface area contributed by atoms with Crippen LogP contribution < -0.4 is 10.1 Å². The number of benzene rings is 2. The van der Waals surface area contributed by atoms with Crippen LogP contribution in [0.2, 0.25) is 0 Å². The number of imidazole rings is 1. The molecule has 0 fully saturated rings. The molecule has 5 heteroatoms. The Morgan fingerprint density at radius 2 is 1.96 bits per heavy atom. The minimum atomic E-state index is -0.0392. The maximum atomic E-state index is 12.3. The number of hydrogen-bond acceptors (Lipinski definition) is 3. The summed E-state index contributed by atoms with van der Waals surface area (Å²) in [5.41, 5.74) is 3.06. The van der Waals surface area contributed by atoms with Gasteiger partial charge < -0.3 is 14.6 Å². The third-order valence-corrected chi connectivity index (χ3v) is 4.18. The summed E-state index contributed by atoms with van der Waals surface area (Å²) < 4.78 is 7.45. The molecular weight excluding hydrogens is 314 g/mol. The third kappa shape index (κ3) is 4.18. The largest absolute Gasteiger partial charge is 0.494 e. The van der Waals surface area contributed by atoms with Crippen LogP contribution in [-0.4, -0.2) is 22.1 Å². The highest BCUT2D eigenvalue weighted by Crippen LogP contribution is 2.18. The molecule has 0 saturated heterocycles.